The van der Waals surface area contributed by atoms with Gasteiger partial charge in [-0.3, -0.25) is 4.79 Å². The fourth-order valence-electron chi connectivity index (χ4n) is 2.03. The van der Waals surface area contributed by atoms with Crippen LogP contribution in [0.1, 0.15) is 31.4 Å². The van der Waals surface area contributed by atoms with Crippen molar-refractivity contribution in [3.05, 3.63) is 35.6 Å². The summed E-state index contributed by atoms with van der Waals surface area (Å²) in [5, 5.41) is 9.01. The van der Waals surface area contributed by atoms with Crippen molar-refractivity contribution in [3.63, 3.8) is 0 Å². The van der Waals surface area contributed by atoms with Crippen LogP contribution in [0.3, 0.4) is 0 Å². The van der Waals surface area contributed by atoms with Gasteiger partial charge in [0.1, 0.15) is 11.2 Å². The van der Waals surface area contributed by atoms with Crippen molar-refractivity contribution in [2.45, 2.75) is 25.8 Å². The van der Waals surface area contributed by atoms with Gasteiger partial charge in [-0.15, -0.1) is 0 Å². The lowest BCUT2D eigenvalue weighted by molar-refractivity contribution is -0.135. The molecule has 18 heavy (non-hydrogen) atoms. The summed E-state index contributed by atoms with van der Waals surface area (Å²) in [7, 11) is 1.62. The van der Waals surface area contributed by atoms with E-state index in [0.29, 0.717) is 18.4 Å². The number of nitriles is 1. The van der Waals surface area contributed by atoms with E-state index in [1.165, 1.54) is 11.0 Å². The molecule has 0 heterocycles. The fourth-order valence-corrected chi connectivity index (χ4v) is 2.03. The summed E-state index contributed by atoms with van der Waals surface area (Å²) in [5.74, 6) is -0.535. The van der Waals surface area contributed by atoms with Crippen LogP contribution in [-0.2, 0) is 4.79 Å². The van der Waals surface area contributed by atoms with E-state index < -0.39 is 5.41 Å². The van der Waals surface area contributed by atoms with E-state index in [1.54, 1.807) is 32.2 Å². The van der Waals surface area contributed by atoms with Gasteiger partial charge in [-0.25, -0.2) is 4.39 Å². The van der Waals surface area contributed by atoms with Crippen molar-refractivity contribution in [1.29, 1.82) is 5.26 Å². The Balaban J connectivity index is 2.20. The van der Waals surface area contributed by atoms with Crippen LogP contribution >= 0.6 is 0 Å². The quantitative estimate of drug-likeness (QED) is 0.823. The van der Waals surface area contributed by atoms with Crippen LogP contribution in [0.2, 0.25) is 0 Å². The molecule has 3 nitrogen and oxygen atoms in total. The summed E-state index contributed by atoms with van der Waals surface area (Å²) in [6, 6.07) is 8.09. The molecule has 0 saturated heterocycles. The minimum absolute atomic E-state index is 0.208. The third kappa shape index (κ3) is 1.97. The van der Waals surface area contributed by atoms with Crippen molar-refractivity contribution in [2.24, 2.45) is 5.41 Å². The van der Waals surface area contributed by atoms with Gasteiger partial charge in [0.2, 0.25) is 5.91 Å². The molecule has 1 aliphatic carbocycles. The van der Waals surface area contributed by atoms with Crippen molar-refractivity contribution in [2.75, 3.05) is 7.05 Å². The molecule has 1 aromatic rings. The second-order valence-corrected chi connectivity index (χ2v) is 4.81. The molecule has 1 atom stereocenters. The number of amides is 1. The molecular formula is C14H15FN2O. The van der Waals surface area contributed by atoms with Crippen molar-refractivity contribution in [3.8, 4) is 6.07 Å². The summed E-state index contributed by atoms with van der Waals surface area (Å²) in [4.78, 5) is 13.6. The van der Waals surface area contributed by atoms with E-state index in [0.717, 1.165) is 0 Å². The summed E-state index contributed by atoms with van der Waals surface area (Å²) in [5.41, 5.74) is -0.379. The molecule has 0 aliphatic heterocycles. The van der Waals surface area contributed by atoms with Gasteiger partial charge in [0.25, 0.3) is 0 Å². The molecule has 1 saturated carbocycles. The van der Waals surface area contributed by atoms with Crippen LogP contribution in [0, 0.1) is 22.6 Å². The molecule has 0 aromatic heterocycles. The van der Waals surface area contributed by atoms with E-state index in [1.807, 2.05) is 0 Å². The average molecular weight is 246 g/mol. The van der Waals surface area contributed by atoms with E-state index in [2.05, 4.69) is 6.07 Å². The van der Waals surface area contributed by atoms with Gasteiger partial charge < -0.3 is 4.90 Å². The number of hydrogen-bond donors (Lipinski definition) is 0. The lowest BCUT2D eigenvalue weighted by Crippen LogP contribution is -2.35. The third-order valence-electron chi connectivity index (χ3n) is 3.63. The van der Waals surface area contributed by atoms with Crippen molar-refractivity contribution in [1.82, 2.24) is 4.90 Å². The van der Waals surface area contributed by atoms with E-state index in [9.17, 15) is 9.18 Å². The van der Waals surface area contributed by atoms with Gasteiger partial charge >= 0.3 is 0 Å². The van der Waals surface area contributed by atoms with Gasteiger partial charge in [-0.05, 0) is 25.8 Å². The largest absolute Gasteiger partial charge is 0.338 e. The molecule has 1 aromatic carbocycles. The number of benzene rings is 1. The molecule has 0 spiro atoms. The first-order valence-corrected chi connectivity index (χ1v) is 5.95. The normalized spacial score (nSPS) is 17.7. The zero-order valence-electron chi connectivity index (χ0n) is 10.5. The predicted molar refractivity (Wildman–Crippen MR) is 64.9 cm³/mol. The van der Waals surface area contributed by atoms with Crippen LogP contribution < -0.4 is 0 Å². The number of halogens is 1. The van der Waals surface area contributed by atoms with E-state index in [4.69, 9.17) is 5.26 Å². The average Bonchev–Trinajstić information content (AvgIpc) is 3.18. The Morgan fingerprint density at radius 2 is 2.11 bits per heavy atom. The lowest BCUT2D eigenvalue weighted by atomic mass is 10.0. The summed E-state index contributed by atoms with van der Waals surface area (Å²) in [6.45, 7) is 1.77. The highest BCUT2D eigenvalue weighted by atomic mass is 19.1. The first-order chi connectivity index (χ1) is 8.52. The van der Waals surface area contributed by atoms with Crippen molar-refractivity contribution >= 4 is 5.91 Å². The van der Waals surface area contributed by atoms with Crippen LogP contribution in [-0.4, -0.2) is 17.9 Å². The minimum Gasteiger partial charge on any atom is -0.338 e. The maximum absolute atomic E-state index is 13.7. The number of carbonyl (C=O) groups is 1. The fraction of sp³-hybridized carbons (Fsp3) is 0.429. The Morgan fingerprint density at radius 3 is 2.61 bits per heavy atom. The molecule has 2 rings (SSSR count). The van der Waals surface area contributed by atoms with Gasteiger partial charge in [-0.1, -0.05) is 18.2 Å². The molecule has 1 fully saturated rings. The second-order valence-electron chi connectivity index (χ2n) is 4.81. The van der Waals surface area contributed by atoms with Crippen LogP contribution in [0.5, 0.6) is 0 Å². The topological polar surface area (TPSA) is 44.1 Å². The number of carbonyl (C=O) groups excluding carboxylic acids is 1. The Bertz CT molecular complexity index is 517. The molecule has 0 radical (unpaired) electrons. The maximum Gasteiger partial charge on any atom is 0.243 e. The van der Waals surface area contributed by atoms with Crippen molar-refractivity contribution < 1.29 is 9.18 Å². The Labute approximate surface area is 106 Å². The van der Waals surface area contributed by atoms with Gasteiger partial charge in [-0.2, -0.15) is 5.26 Å². The standard InChI is InChI=1S/C14H15FN2O/c1-10(11-5-3-4-6-12(11)15)17(2)13(18)14(9-16)7-8-14/h3-6,10H,7-8H2,1-2H3. The number of hydrogen-bond acceptors (Lipinski definition) is 2. The molecule has 0 N–H and O–H groups in total. The van der Waals surface area contributed by atoms with Gasteiger partial charge in [0.05, 0.1) is 12.1 Å². The highest BCUT2D eigenvalue weighted by molar-refractivity contribution is 5.88. The maximum atomic E-state index is 13.7. The lowest BCUT2D eigenvalue weighted by Gasteiger charge is -2.27. The Hall–Kier alpha value is -1.89. The molecule has 1 amide bonds. The number of rotatable bonds is 3. The van der Waals surface area contributed by atoms with Gasteiger partial charge in [0, 0.05) is 12.6 Å². The smallest absolute Gasteiger partial charge is 0.243 e. The molecule has 1 aliphatic rings. The highest BCUT2D eigenvalue weighted by Crippen LogP contribution is 2.47. The zero-order valence-corrected chi connectivity index (χ0v) is 10.5. The molecule has 0 bridgehead atoms. The SMILES string of the molecule is CC(c1ccccc1F)N(C)C(=O)C1(C#N)CC1. The highest BCUT2D eigenvalue weighted by Gasteiger charge is 2.52. The molecular weight excluding hydrogens is 231 g/mol. The van der Waals surface area contributed by atoms with E-state index in [-0.39, 0.29) is 17.8 Å². The van der Waals surface area contributed by atoms with Crippen LogP contribution in [0.25, 0.3) is 0 Å². The summed E-state index contributed by atoms with van der Waals surface area (Å²) < 4.78 is 13.7. The monoisotopic (exact) mass is 246 g/mol. The van der Waals surface area contributed by atoms with Gasteiger partial charge in [0.15, 0.2) is 0 Å². The number of nitrogens with zero attached hydrogens (tertiary/aromatic N) is 2. The Kier molecular flexibility index (Phi) is 3.08. The summed E-state index contributed by atoms with van der Waals surface area (Å²) >= 11 is 0. The minimum atomic E-state index is -0.853. The zero-order chi connectivity index (χ0) is 13.3. The first-order valence-electron chi connectivity index (χ1n) is 5.95. The third-order valence-corrected chi connectivity index (χ3v) is 3.63. The molecule has 94 valence electrons. The predicted octanol–water partition coefficient (Wildman–Crippen LogP) is 2.65. The second kappa shape index (κ2) is 4.41. The molecule has 4 heteroatoms. The van der Waals surface area contributed by atoms with Crippen LogP contribution in [0.15, 0.2) is 24.3 Å². The summed E-state index contributed by atoms with van der Waals surface area (Å²) in [6.07, 6.45) is 1.22. The van der Waals surface area contributed by atoms with E-state index >= 15 is 0 Å². The van der Waals surface area contributed by atoms with Crippen LogP contribution in [0.4, 0.5) is 4.39 Å². The first kappa shape index (κ1) is 12.6. The Morgan fingerprint density at radius 1 is 1.50 bits per heavy atom. The molecule has 1 unspecified atom stereocenters.